The van der Waals surface area contributed by atoms with E-state index < -0.39 is 17.6 Å². The van der Waals surface area contributed by atoms with E-state index in [-0.39, 0.29) is 12.2 Å². The molecule has 2 aromatic carbocycles. The number of benzene rings is 2. The van der Waals surface area contributed by atoms with Crippen molar-refractivity contribution in [3.8, 4) is 5.75 Å². The monoisotopic (exact) mass is 366 g/mol. The maximum atomic E-state index is 13.0. The molecule has 0 bridgehead atoms. The van der Waals surface area contributed by atoms with Gasteiger partial charge in [-0.2, -0.15) is 0 Å². The van der Waals surface area contributed by atoms with Gasteiger partial charge in [-0.3, -0.25) is 20.4 Å². The summed E-state index contributed by atoms with van der Waals surface area (Å²) in [5, 5.41) is 0. The highest BCUT2D eigenvalue weighted by Crippen LogP contribution is 2.15. The summed E-state index contributed by atoms with van der Waals surface area (Å²) in [6.45, 7) is -0.259. The van der Waals surface area contributed by atoms with E-state index in [9.17, 15) is 14.0 Å². The van der Waals surface area contributed by atoms with Crippen LogP contribution in [0.5, 0.6) is 5.75 Å². The van der Waals surface area contributed by atoms with Crippen LogP contribution in [0.3, 0.4) is 0 Å². The van der Waals surface area contributed by atoms with Gasteiger partial charge in [0.25, 0.3) is 11.8 Å². The number of carbonyl (C=O) groups excluding carboxylic acids is 2. The zero-order valence-electron chi connectivity index (χ0n) is 11.3. The third kappa shape index (κ3) is 4.85. The normalized spacial score (nSPS) is 9.91. The molecule has 114 valence electrons. The van der Waals surface area contributed by atoms with E-state index in [0.717, 1.165) is 10.5 Å². The summed E-state index contributed by atoms with van der Waals surface area (Å²) >= 11 is 3.28. The van der Waals surface area contributed by atoms with Crippen LogP contribution in [0.15, 0.2) is 53.0 Å². The molecule has 0 saturated heterocycles. The molecule has 2 aromatic rings. The number of nitrogens with one attached hydrogen (secondary N) is 2. The summed E-state index contributed by atoms with van der Waals surface area (Å²) in [6, 6.07) is 12.1. The van der Waals surface area contributed by atoms with Crippen molar-refractivity contribution in [3.05, 3.63) is 64.4 Å². The standard InChI is InChI=1S/C15H12BrFN2O3/c16-11-4-6-13(7-5-11)22-9-14(20)18-19-15(21)10-2-1-3-12(17)8-10/h1-8H,9H2,(H,18,20)(H,19,21). The lowest BCUT2D eigenvalue weighted by molar-refractivity contribution is -0.123. The molecule has 0 fully saturated rings. The van der Waals surface area contributed by atoms with Gasteiger partial charge in [-0.05, 0) is 42.5 Å². The third-order valence-corrected chi connectivity index (χ3v) is 3.11. The summed E-state index contributed by atoms with van der Waals surface area (Å²) in [5.41, 5.74) is 4.47. The van der Waals surface area contributed by atoms with Crippen LogP contribution in [-0.2, 0) is 4.79 Å². The van der Waals surface area contributed by atoms with E-state index in [4.69, 9.17) is 4.74 Å². The van der Waals surface area contributed by atoms with Gasteiger partial charge >= 0.3 is 0 Å². The Balaban J connectivity index is 1.78. The second-order valence-corrected chi connectivity index (χ2v) is 5.17. The van der Waals surface area contributed by atoms with E-state index >= 15 is 0 Å². The highest BCUT2D eigenvalue weighted by molar-refractivity contribution is 9.10. The van der Waals surface area contributed by atoms with Crippen molar-refractivity contribution in [1.82, 2.24) is 10.9 Å². The van der Waals surface area contributed by atoms with Gasteiger partial charge in [0.05, 0.1) is 0 Å². The maximum absolute atomic E-state index is 13.0. The molecule has 5 nitrogen and oxygen atoms in total. The van der Waals surface area contributed by atoms with E-state index in [0.29, 0.717) is 5.75 Å². The molecule has 0 aromatic heterocycles. The first kappa shape index (κ1) is 16.0. The molecule has 2 N–H and O–H groups in total. The predicted octanol–water partition coefficient (Wildman–Crippen LogP) is 2.43. The summed E-state index contributed by atoms with van der Waals surface area (Å²) in [5.74, 6) is -1.16. The Labute approximate surface area is 134 Å². The molecule has 2 amide bonds. The van der Waals surface area contributed by atoms with Crippen molar-refractivity contribution in [2.24, 2.45) is 0 Å². The van der Waals surface area contributed by atoms with Crippen LogP contribution in [0.1, 0.15) is 10.4 Å². The minimum atomic E-state index is -0.614. The number of amides is 2. The average Bonchev–Trinajstić information content (AvgIpc) is 2.52. The summed E-state index contributed by atoms with van der Waals surface area (Å²) in [6.07, 6.45) is 0. The van der Waals surface area contributed by atoms with E-state index in [1.165, 1.54) is 18.2 Å². The van der Waals surface area contributed by atoms with Crippen LogP contribution in [0.4, 0.5) is 4.39 Å². The number of rotatable bonds is 4. The zero-order valence-corrected chi connectivity index (χ0v) is 12.9. The molecule has 0 aliphatic heterocycles. The summed E-state index contributed by atoms with van der Waals surface area (Å²) in [4.78, 5) is 23.2. The average molecular weight is 367 g/mol. The lowest BCUT2D eigenvalue weighted by Gasteiger charge is -2.09. The molecule has 0 aliphatic carbocycles. The molecule has 0 spiro atoms. The van der Waals surface area contributed by atoms with Crippen molar-refractivity contribution in [3.63, 3.8) is 0 Å². The van der Waals surface area contributed by atoms with Crippen molar-refractivity contribution in [2.75, 3.05) is 6.61 Å². The van der Waals surface area contributed by atoms with Crippen molar-refractivity contribution in [1.29, 1.82) is 0 Å². The highest BCUT2D eigenvalue weighted by Gasteiger charge is 2.08. The lowest BCUT2D eigenvalue weighted by atomic mass is 10.2. The molecule has 0 aliphatic rings. The SMILES string of the molecule is O=C(COc1ccc(Br)cc1)NNC(=O)c1cccc(F)c1. The molecule has 0 atom stereocenters. The Morgan fingerprint density at radius 2 is 1.82 bits per heavy atom. The van der Waals surface area contributed by atoms with Crippen LogP contribution in [0.2, 0.25) is 0 Å². The summed E-state index contributed by atoms with van der Waals surface area (Å²) in [7, 11) is 0. The fourth-order valence-electron chi connectivity index (χ4n) is 1.54. The van der Waals surface area contributed by atoms with Gasteiger partial charge in [-0.15, -0.1) is 0 Å². The van der Waals surface area contributed by atoms with E-state index in [1.54, 1.807) is 24.3 Å². The molecule has 0 saturated carbocycles. The highest BCUT2D eigenvalue weighted by atomic mass is 79.9. The Hall–Kier alpha value is -2.41. The third-order valence-electron chi connectivity index (χ3n) is 2.59. The fraction of sp³-hybridized carbons (Fsp3) is 0.0667. The van der Waals surface area contributed by atoms with Crippen LogP contribution < -0.4 is 15.6 Å². The molecule has 7 heteroatoms. The Morgan fingerprint density at radius 3 is 2.50 bits per heavy atom. The minimum Gasteiger partial charge on any atom is -0.484 e. The van der Waals surface area contributed by atoms with Crippen molar-refractivity contribution in [2.45, 2.75) is 0 Å². The number of halogens is 2. The Kier molecular flexibility index (Phi) is 5.48. The molecule has 0 heterocycles. The number of carbonyl (C=O) groups is 2. The number of hydrazine groups is 1. The first-order chi connectivity index (χ1) is 10.5. The molecular formula is C15H12BrFN2O3. The Morgan fingerprint density at radius 1 is 1.09 bits per heavy atom. The van der Waals surface area contributed by atoms with Crippen molar-refractivity contribution < 1.29 is 18.7 Å². The van der Waals surface area contributed by atoms with E-state index in [1.807, 2.05) is 0 Å². The minimum absolute atomic E-state index is 0.106. The van der Waals surface area contributed by atoms with Crippen LogP contribution in [0.25, 0.3) is 0 Å². The van der Waals surface area contributed by atoms with Gasteiger partial charge in [0.2, 0.25) is 0 Å². The quantitative estimate of drug-likeness (QED) is 0.816. The smallest absolute Gasteiger partial charge is 0.276 e. The van der Waals surface area contributed by atoms with Gasteiger partial charge in [-0.1, -0.05) is 22.0 Å². The second kappa shape index (κ2) is 7.56. The maximum Gasteiger partial charge on any atom is 0.276 e. The Bertz CT molecular complexity index is 677. The van der Waals surface area contributed by atoms with Gasteiger partial charge in [0.1, 0.15) is 11.6 Å². The summed E-state index contributed by atoms with van der Waals surface area (Å²) < 4.78 is 19.1. The van der Waals surface area contributed by atoms with E-state index in [2.05, 4.69) is 26.8 Å². The molecule has 0 radical (unpaired) electrons. The first-order valence-electron chi connectivity index (χ1n) is 6.28. The molecular weight excluding hydrogens is 355 g/mol. The van der Waals surface area contributed by atoms with Crippen LogP contribution >= 0.6 is 15.9 Å². The van der Waals surface area contributed by atoms with Gasteiger partial charge < -0.3 is 4.74 Å². The van der Waals surface area contributed by atoms with Crippen LogP contribution in [0, 0.1) is 5.82 Å². The molecule has 22 heavy (non-hydrogen) atoms. The van der Waals surface area contributed by atoms with Gasteiger partial charge in [-0.25, -0.2) is 4.39 Å². The van der Waals surface area contributed by atoms with Crippen molar-refractivity contribution >= 4 is 27.7 Å². The fourth-order valence-corrected chi connectivity index (χ4v) is 1.81. The second-order valence-electron chi connectivity index (χ2n) is 4.26. The predicted molar refractivity (Wildman–Crippen MR) is 81.6 cm³/mol. The lowest BCUT2D eigenvalue weighted by Crippen LogP contribution is -2.43. The first-order valence-corrected chi connectivity index (χ1v) is 7.07. The topological polar surface area (TPSA) is 67.4 Å². The van der Waals surface area contributed by atoms with Crippen LogP contribution in [-0.4, -0.2) is 18.4 Å². The largest absolute Gasteiger partial charge is 0.484 e. The zero-order chi connectivity index (χ0) is 15.9. The van der Waals surface area contributed by atoms with Gasteiger partial charge in [0, 0.05) is 10.0 Å². The molecule has 0 unspecified atom stereocenters. The number of hydrogen-bond donors (Lipinski definition) is 2. The number of hydrogen-bond acceptors (Lipinski definition) is 3. The number of ether oxygens (including phenoxy) is 1. The van der Waals surface area contributed by atoms with Gasteiger partial charge in [0.15, 0.2) is 6.61 Å². The molecule has 2 rings (SSSR count).